The number of benzene rings is 1. The topological polar surface area (TPSA) is 115 Å². The molecule has 6 nitrogen and oxygen atoms in total. The van der Waals surface area contributed by atoms with Crippen LogP contribution in [0.2, 0.25) is 5.02 Å². The van der Waals surface area contributed by atoms with Crippen LogP contribution in [0.3, 0.4) is 0 Å². The van der Waals surface area contributed by atoms with E-state index in [1.54, 1.807) is 0 Å². The maximum atomic E-state index is 11.9. The molecule has 0 saturated heterocycles. The van der Waals surface area contributed by atoms with E-state index in [1.165, 1.54) is 25.1 Å². The van der Waals surface area contributed by atoms with Crippen LogP contribution in [-0.4, -0.2) is 31.2 Å². The molecule has 1 rings (SSSR count). The molecule has 0 aliphatic carbocycles. The molecule has 0 fully saturated rings. The minimum Gasteiger partial charge on any atom is -0.481 e. The maximum absolute atomic E-state index is 11.9. The molecule has 1 unspecified atom stereocenters. The minimum atomic E-state index is -3.62. The van der Waals surface area contributed by atoms with Crippen molar-refractivity contribution < 1.29 is 23.1 Å². The normalized spacial score (nSPS) is 12.9. The van der Waals surface area contributed by atoms with Gasteiger partial charge in [-0.1, -0.05) is 24.6 Å². The summed E-state index contributed by atoms with van der Waals surface area (Å²) in [5.74, 6) is -3.70. The number of primary amides is 1. The van der Waals surface area contributed by atoms with E-state index in [2.05, 4.69) is 0 Å². The highest BCUT2D eigenvalue weighted by Crippen LogP contribution is 2.21. The first-order valence-corrected chi connectivity index (χ1v) is 7.84. The van der Waals surface area contributed by atoms with Crippen molar-refractivity contribution in [2.45, 2.75) is 12.7 Å². The summed E-state index contributed by atoms with van der Waals surface area (Å²) in [6, 6.07) is 4.06. The van der Waals surface area contributed by atoms with E-state index in [0.29, 0.717) is 5.56 Å². The number of hydrogen-bond donors (Lipinski definition) is 2. The molecule has 0 aliphatic rings. The molecule has 20 heavy (non-hydrogen) atoms. The van der Waals surface area contributed by atoms with Crippen molar-refractivity contribution in [3.8, 4) is 0 Å². The third-order valence-corrected chi connectivity index (χ3v) is 4.75. The second-order valence-electron chi connectivity index (χ2n) is 4.46. The molecule has 0 bridgehead atoms. The molecule has 1 atom stereocenters. The Labute approximate surface area is 121 Å². The van der Waals surface area contributed by atoms with Crippen LogP contribution in [-0.2, 0) is 20.4 Å². The molecule has 110 valence electrons. The average molecular weight is 320 g/mol. The van der Waals surface area contributed by atoms with Gasteiger partial charge in [0.2, 0.25) is 5.91 Å². The van der Waals surface area contributed by atoms with E-state index in [4.69, 9.17) is 22.4 Å². The Bertz CT molecular complexity index is 641. The highest BCUT2D eigenvalue weighted by atomic mass is 35.5. The van der Waals surface area contributed by atoms with Crippen LogP contribution in [0, 0.1) is 5.92 Å². The second kappa shape index (κ2) is 6.23. The van der Waals surface area contributed by atoms with Crippen LogP contribution in [0.1, 0.15) is 22.8 Å². The highest BCUT2D eigenvalue weighted by Gasteiger charge is 2.22. The molecule has 0 saturated carbocycles. The predicted molar refractivity (Wildman–Crippen MR) is 74.3 cm³/mol. The van der Waals surface area contributed by atoms with Gasteiger partial charge >= 0.3 is 5.97 Å². The van der Waals surface area contributed by atoms with Crippen molar-refractivity contribution in [1.82, 2.24) is 0 Å². The van der Waals surface area contributed by atoms with Crippen molar-refractivity contribution in [3.05, 3.63) is 34.3 Å². The van der Waals surface area contributed by atoms with Crippen LogP contribution < -0.4 is 5.73 Å². The van der Waals surface area contributed by atoms with Gasteiger partial charge in [-0.15, -0.1) is 0 Å². The predicted octanol–water partition coefficient (Wildman–Crippen LogP) is 1.07. The number of carbonyl (C=O) groups is 2. The number of nitrogens with two attached hydrogens (primary N) is 1. The van der Waals surface area contributed by atoms with E-state index in [9.17, 15) is 18.0 Å². The van der Waals surface area contributed by atoms with Crippen molar-refractivity contribution in [2.24, 2.45) is 11.7 Å². The number of carbonyl (C=O) groups excluding carboxylic acids is 1. The Kier molecular flexibility index (Phi) is 5.13. The number of rotatable bonds is 6. The number of carboxylic acid groups (broad SMARTS) is 1. The molecule has 8 heteroatoms. The van der Waals surface area contributed by atoms with Crippen LogP contribution >= 0.6 is 11.6 Å². The molecular weight excluding hydrogens is 306 g/mol. The fraction of sp³-hybridized carbons (Fsp3) is 0.333. The van der Waals surface area contributed by atoms with Gasteiger partial charge in [0.1, 0.15) is 0 Å². The Balaban J connectivity index is 2.93. The SMILES string of the molecule is CC(CS(=O)(=O)Cc1ccc(C(N)=O)cc1Cl)C(=O)O. The molecule has 1 amide bonds. The minimum absolute atomic E-state index is 0.104. The van der Waals surface area contributed by atoms with Crippen LogP contribution in [0.5, 0.6) is 0 Å². The molecule has 0 radical (unpaired) electrons. The first-order chi connectivity index (χ1) is 9.12. The molecule has 1 aromatic rings. The number of carboxylic acids is 1. The van der Waals surface area contributed by atoms with Gasteiger partial charge < -0.3 is 10.8 Å². The lowest BCUT2D eigenvalue weighted by atomic mass is 10.1. The zero-order valence-corrected chi connectivity index (χ0v) is 12.2. The number of aliphatic carboxylic acids is 1. The van der Waals surface area contributed by atoms with Crippen molar-refractivity contribution in [3.63, 3.8) is 0 Å². The number of hydrogen-bond acceptors (Lipinski definition) is 4. The Morgan fingerprint density at radius 3 is 2.45 bits per heavy atom. The second-order valence-corrected chi connectivity index (χ2v) is 6.98. The lowest BCUT2D eigenvalue weighted by Crippen LogP contribution is -2.22. The summed E-state index contributed by atoms with van der Waals surface area (Å²) in [4.78, 5) is 21.6. The Hall–Kier alpha value is -1.60. The highest BCUT2D eigenvalue weighted by molar-refractivity contribution is 7.90. The number of sulfone groups is 1. The van der Waals surface area contributed by atoms with E-state index in [0.717, 1.165) is 0 Å². The zero-order valence-electron chi connectivity index (χ0n) is 10.7. The van der Waals surface area contributed by atoms with Crippen LogP contribution in [0.4, 0.5) is 0 Å². The van der Waals surface area contributed by atoms with Gasteiger partial charge in [-0.05, 0) is 17.7 Å². The smallest absolute Gasteiger partial charge is 0.307 e. The summed E-state index contributed by atoms with van der Waals surface area (Å²) in [7, 11) is -3.62. The molecule has 0 spiro atoms. The van der Waals surface area contributed by atoms with Crippen molar-refractivity contribution in [2.75, 3.05) is 5.75 Å². The largest absolute Gasteiger partial charge is 0.481 e. The van der Waals surface area contributed by atoms with Gasteiger partial charge in [0, 0.05) is 10.6 Å². The molecule has 1 aromatic carbocycles. The van der Waals surface area contributed by atoms with Crippen molar-refractivity contribution >= 4 is 33.3 Å². The van der Waals surface area contributed by atoms with Gasteiger partial charge in [-0.2, -0.15) is 0 Å². The molecule has 0 heterocycles. The lowest BCUT2D eigenvalue weighted by Gasteiger charge is -2.09. The summed E-state index contributed by atoms with van der Waals surface area (Å²) >= 11 is 5.89. The van der Waals surface area contributed by atoms with Gasteiger partial charge in [-0.25, -0.2) is 8.42 Å². The first kappa shape index (κ1) is 16.5. The quantitative estimate of drug-likeness (QED) is 0.814. The summed E-state index contributed by atoms with van der Waals surface area (Å²) < 4.78 is 23.7. The standard InChI is InChI=1S/C12H14ClNO5S/c1-7(12(16)17)5-20(18,19)6-9-3-2-8(11(14)15)4-10(9)13/h2-4,7H,5-6H2,1H3,(H2,14,15)(H,16,17). The van der Waals surface area contributed by atoms with E-state index in [-0.39, 0.29) is 16.3 Å². The third kappa shape index (κ3) is 4.50. The lowest BCUT2D eigenvalue weighted by molar-refractivity contribution is -0.140. The average Bonchev–Trinajstić information content (AvgIpc) is 2.30. The Morgan fingerprint density at radius 2 is 2.00 bits per heavy atom. The molecule has 3 N–H and O–H groups in total. The first-order valence-electron chi connectivity index (χ1n) is 5.64. The molecule has 0 aliphatic heterocycles. The summed E-state index contributed by atoms with van der Waals surface area (Å²) in [5.41, 5.74) is 5.55. The van der Waals surface area contributed by atoms with Gasteiger partial charge in [0.25, 0.3) is 0 Å². The fourth-order valence-corrected chi connectivity index (χ4v) is 3.64. The summed E-state index contributed by atoms with van der Waals surface area (Å²) in [6.45, 7) is 1.32. The van der Waals surface area contributed by atoms with E-state index in [1.807, 2.05) is 0 Å². The summed E-state index contributed by atoms with van der Waals surface area (Å²) in [6.07, 6.45) is 0. The molecular formula is C12H14ClNO5S. The monoisotopic (exact) mass is 319 g/mol. The van der Waals surface area contributed by atoms with E-state index >= 15 is 0 Å². The fourth-order valence-electron chi connectivity index (χ4n) is 1.57. The van der Waals surface area contributed by atoms with Crippen LogP contribution in [0.15, 0.2) is 18.2 Å². The Morgan fingerprint density at radius 1 is 1.40 bits per heavy atom. The number of amides is 1. The maximum Gasteiger partial charge on any atom is 0.307 e. The molecule has 0 aromatic heterocycles. The summed E-state index contributed by atoms with van der Waals surface area (Å²) in [5, 5.41) is 8.83. The van der Waals surface area contributed by atoms with E-state index < -0.39 is 33.4 Å². The van der Waals surface area contributed by atoms with Crippen LogP contribution in [0.25, 0.3) is 0 Å². The van der Waals surface area contributed by atoms with Gasteiger partial charge in [-0.3, -0.25) is 9.59 Å². The zero-order chi connectivity index (χ0) is 15.5. The van der Waals surface area contributed by atoms with Crippen molar-refractivity contribution in [1.29, 1.82) is 0 Å². The number of halogens is 1. The third-order valence-electron chi connectivity index (χ3n) is 2.64. The van der Waals surface area contributed by atoms with Gasteiger partial charge in [0.15, 0.2) is 9.84 Å². The van der Waals surface area contributed by atoms with Gasteiger partial charge in [0.05, 0.1) is 17.4 Å².